The molecule has 0 aliphatic heterocycles. The summed E-state index contributed by atoms with van der Waals surface area (Å²) in [7, 11) is -5.39. The Morgan fingerprint density at radius 1 is 1.12 bits per heavy atom. The standard InChI is InChI=1S/Al.Ba.H3O4P.H2O/c;;1-5(2,3)4;/h;;(H3,1,2,3,4);1H2/q+3;+2;;/p-4. The first-order chi connectivity index (χ1) is 2.00. The summed E-state index contributed by atoms with van der Waals surface area (Å²) in [5.74, 6) is 0. The first-order valence-electron chi connectivity index (χ1n) is 0.730. The Hall–Kier alpha value is 2.17. The average Bonchev–Trinajstić information content (AvgIpc) is 0.722. The smallest absolute Gasteiger partial charge is 0.870 e. The third-order valence-corrected chi connectivity index (χ3v) is 0. The Balaban J connectivity index is -0.0000000267. The van der Waals surface area contributed by atoms with E-state index < -0.39 is 7.82 Å². The maximum Gasteiger partial charge on any atom is 3.00 e. The van der Waals surface area contributed by atoms with Crippen LogP contribution >= 0.6 is 7.82 Å². The minimum Gasteiger partial charge on any atom is -0.870 e. The van der Waals surface area contributed by atoms with Gasteiger partial charge in [0, 0.05) is 0 Å². The van der Waals surface area contributed by atoms with Gasteiger partial charge in [0.15, 0.2) is 0 Å². The molecule has 0 aromatic rings. The van der Waals surface area contributed by atoms with Gasteiger partial charge >= 0.3 is 66.2 Å². The molecule has 0 atom stereocenters. The summed E-state index contributed by atoms with van der Waals surface area (Å²) in [6, 6.07) is 0. The second kappa shape index (κ2) is 9.17. The number of hydrogen-bond acceptors (Lipinski definition) is 5. The van der Waals surface area contributed by atoms with Crippen LogP contribution < -0.4 is 14.7 Å². The molecule has 0 spiro atoms. The maximum atomic E-state index is 8.55. The predicted octanol–water partition coefficient (Wildman–Crippen LogP) is -3.76. The van der Waals surface area contributed by atoms with Crippen LogP contribution in [-0.4, -0.2) is 71.7 Å². The molecule has 0 aromatic heterocycles. The molecular weight excluding hydrogens is 275 g/mol. The van der Waals surface area contributed by atoms with Crippen molar-refractivity contribution in [3.63, 3.8) is 0 Å². The fraction of sp³-hybridized carbons (Fsp3) is 0. The molecule has 8 heteroatoms. The van der Waals surface area contributed by atoms with Gasteiger partial charge in [0.1, 0.15) is 0 Å². The van der Waals surface area contributed by atoms with Crippen LogP contribution in [0.1, 0.15) is 0 Å². The van der Waals surface area contributed by atoms with Crippen LogP contribution in [-0.2, 0) is 4.57 Å². The molecule has 1 N–H and O–H groups in total. The summed E-state index contributed by atoms with van der Waals surface area (Å²) >= 11 is 0. The summed E-state index contributed by atoms with van der Waals surface area (Å²) in [5, 5.41) is 0. The third kappa shape index (κ3) is 89.0. The largest absolute Gasteiger partial charge is 3.00 e. The monoisotopic (exact) mass is 277 g/mol. The van der Waals surface area contributed by atoms with E-state index in [2.05, 4.69) is 0 Å². The second-order valence-electron chi connectivity index (χ2n) is 0.447. The Kier molecular flexibility index (Phi) is 25.8. The zero-order chi connectivity index (χ0) is 4.50. The van der Waals surface area contributed by atoms with E-state index in [-0.39, 0.29) is 71.7 Å². The van der Waals surface area contributed by atoms with Crippen molar-refractivity contribution in [1.82, 2.24) is 0 Å². The fourth-order valence-corrected chi connectivity index (χ4v) is 0. The van der Waals surface area contributed by atoms with E-state index in [0.29, 0.717) is 0 Å². The summed E-state index contributed by atoms with van der Waals surface area (Å²) < 4.78 is 8.55. The molecule has 0 fully saturated rings. The summed E-state index contributed by atoms with van der Waals surface area (Å²) in [4.78, 5) is 25.6. The number of phosphoric acid groups is 1. The molecule has 0 saturated heterocycles. The molecule has 0 bridgehead atoms. The minimum atomic E-state index is -5.39. The van der Waals surface area contributed by atoms with Crippen molar-refractivity contribution in [3.05, 3.63) is 0 Å². The zero-order valence-corrected chi connectivity index (χ0v) is 10.3. The fourth-order valence-electron chi connectivity index (χ4n) is 0. The van der Waals surface area contributed by atoms with Crippen molar-refractivity contribution in [3.8, 4) is 0 Å². The third-order valence-electron chi connectivity index (χ3n) is 0. The molecule has 0 unspecified atom stereocenters. The van der Waals surface area contributed by atoms with E-state index in [1.165, 1.54) is 0 Å². The number of rotatable bonds is 0. The van der Waals surface area contributed by atoms with Gasteiger partial charge in [-0.05, 0) is 0 Å². The van der Waals surface area contributed by atoms with Gasteiger partial charge in [0.2, 0.25) is 0 Å². The van der Waals surface area contributed by atoms with E-state index in [1.807, 2.05) is 0 Å². The van der Waals surface area contributed by atoms with E-state index in [9.17, 15) is 0 Å². The maximum absolute atomic E-state index is 8.55. The molecule has 0 amide bonds. The van der Waals surface area contributed by atoms with Crippen molar-refractivity contribution >= 4 is 74.1 Å². The van der Waals surface area contributed by atoms with E-state index in [1.54, 1.807) is 0 Å². The van der Waals surface area contributed by atoms with Gasteiger partial charge in [-0.25, -0.2) is 0 Å². The Labute approximate surface area is 97.2 Å². The van der Waals surface area contributed by atoms with Crippen LogP contribution in [0.2, 0.25) is 0 Å². The Bertz CT molecular complexity index is 58.6. The molecule has 0 rings (SSSR count). The molecule has 8 heavy (non-hydrogen) atoms. The van der Waals surface area contributed by atoms with E-state index in [0.717, 1.165) is 0 Å². The van der Waals surface area contributed by atoms with Crippen LogP contribution in [0.5, 0.6) is 0 Å². The number of hydrogen-bond donors (Lipinski definition) is 0. The second-order valence-corrected chi connectivity index (χ2v) is 1.34. The quantitative estimate of drug-likeness (QED) is 0.333. The molecule has 5 nitrogen and oxygen atoms in total. The summed E-state index contributed by atoms with van der Waals surface area (Å²) in [6.45, 7) is 0. The molecule has 0 radical (unpaired) electrons. The SMILES string of the molecule is O=P([O-])([O-])[O-].[Al+3].[Ba+2].[OH-]. The van der Waals surface area contributed by atoms with Crippen molar-refractivity contribution in [2.24, 2.45) is 0 Å². The first kappa shape index (κ1) is 22.5. The summed E-state index contributed by atoms with van der Waals surface area (Å²) in [6.07, 6.45) is 0. The topological polar surface area (TPSA) is 116 Å². The average molecular weight is 276 g/mol. The van der Waals surface area contributed by atoms with Crippen molar-refractivity contribution in [2.45, 2.75) is 0 Å². The van der Waals surface area contributed by atoms with Gasteiger partial charge < -0.3 is 24.7 Å². The molecule has 40 valence electrons. The van der Waals surface area contributed by atoms with Gasteiger partial charge in [-0.2, -0.15) is 7.82 Å². The zero-order valence-electron chi connectivity index (χ0n) is 3.81. The first-order valence-corrected chi connectivity index (χ1v) is 2.19. The minimum absolute atomic E-state index is 0. The molecule has 0 aliphatic carbocycles. The van der Waals surface area contributed by atoms with Crippen molar-refractivity contribution < 1.29 is 24.7 Å². The van der Waals surface area contributed by atoms with Crippen molar-refractivity contribution in [1.29, 1.82) is 0 Å². The van der Waals surface area contributed by atoms with Gasteiger partial charge in [-0.15, -0.1) is 0 Å². The molecule has 0 aliphatic rings. The van der Waals surface area contributed by atoms with Gasteiger partial charge in [-0.3, -0.25) is 0 Å². The Morgan fingerprint density at radius 2 is 1.12 bits per heavy atom. The van der Waals surface area contributed by atoms with Gasteiger partial charge in [-0.1, -0.05) is 0 Å². The Morgan fingerprint density at radius 3 is 1.12 bits per heavy atom. The normalized spacial score (nSPS) is 7.38. The van der Waals surface area contributed by atoms with E-state index >= 15 is 0 Å². The van der Waals surface area contributed by atoms with Crippen LogP contribution in [0, 0.1) is 0 Å². The van der Waals surface area contributed by atoms with E-state index in [4.69, 9.17) is 19.2 Å². The van der Waals surface area contributed by atoms with Crippen LogP contribution in [0.25, 0.3) is 0 Å². The molecule has 0 aromatic carbocycles. The van der Waals surface area contributed by atoms with Crippen molar-refractivity contribution in [2.75, 3.05) is 0 Å². The molecule has 0 heterocycles. The molecule has 0 saturated carbocycles. The molecular formula is HAlBaO5P+. The van der Waals surface area contributed by atoms with Gasteiger partial charge in [0.05, 0.1) is 0 Å². The van der Waals surface area contributed by atoms with Crippen LogP contribution in [0.4, 0.5) is 0 Å². The van der Waals surface area contributed by atoms with Crippen LogP contribution in [0.3, 0.4) is 0 Å². The summed E-state index contributed by atoms with van der Waals surface area (Å²) in [5.41, 5.74) is 0. The van der Waals surface area contributed by atoms with Gasteiger partial charge in [0.25, 0.3) is 0 Å². The predicted molar refractivity (Wildman–Crippen MR) is 21.1 cm³/mol. The van der Waals surface area contributed by atoms with Crippen LogP contribution in [0.15, 0.2) is 0 Å².